The number of carbonyl (C=O) groups is 1. The summed E-state index contributed by atoms with van der Waals surface area (Å²) in [5.41, 5.74) is 2.05. The first-order valence-corrected chi connectivity index (χ1v) is 5.34. The van der Waals surface area contributed by atoms with Gasteiger partial charge in [0.1, 0.15) is 6.04 Å². The van der Waals surface area contributed by atoms with E-state index in [1.807, 2.05) is 31.3 Å². The average Bonchev–Trinajstić information content (AvgIpc) is 2.54. The molecule has 0 spiro atoms. The number of nitrogens with zero attached hydrogens (tertiary/aromatic N) is 1. The van der Waals surface area contributed by atoms with Gasteiger partial charge in [-0.2, -0.15) is 0 Å². The first kappa shape index (κ1) is 10.2. The van der Waals surface area contributed by atoms with E-state index in [-0.39, 0.29) is 11.9 Å². The molecule has 1 aliphatic heterocycles. The lowest BCUT2D eigenvalue weighted by molar-refractivity contribution is -0.120. The van der Waals surface area contributed by atoms with Crippen molar-refractivity contribution in [2.45, 2.75) is 19.4 Å². The molecular weight excluding hydrogens is 188 g/mol. The van der Waals surface area contributed by atoms with Crippen LogP contribution in [0.5, 0.6) is 0 Å². The minimum atomic E-state index is -0.110. The molecule has 1 heterocycles. The molecule has 1 aliphatic rings. The van der Waals surface area contributed by atoms with E-state index < -0.39 is 0 Å². The molecule has 1 N–H and O–H groups in total. The van der Waals surface area contributed by atoms with Crippen molar-refractivity contribution in [2.75, 3.05) is 18.9 Å². The topological polar surface area (TPSA) is 32.3 Å². The Kier molecular flexibility index (Phi) is 2.73. The molecule has 3 heteroatoms. The molecule has 0 saturated carbocycles. The monoisotopic (exact) mass is 204 g/mol. The zero-order valence-electron chi connectivity index (χ0n) is 9.16. The molecule has 1 aromatic carbocycles. The summed E-state index contributed by atoms with van der Waals surface area (Å²) in [6.45, 7) is 3.06. The van der Waals surface area contributed by atoms with Crippen molar-refractivity contribution in [1.82, 2.24) is 4.90 Å². The van der Waals surface area contributed by atoms with Crippen molar-refractivity contribution in [3.05, 3.63) is 29.8 Å². The summed E-state index contributed by atoms with van der Waals surface area (Å²) in [6, 6.07) is 7.78. The van der Waals surface area contributed by atoms with Crippen LogP contribution in [-0.2, 0) is 4.79 Å². The lowest BCUT2D eigenvalue weighted by atomic mass is 10.1. The first-order chi connectivity index (χ1) is 7.24. The Labute approximate surface area is 90.1 Å². The molecule has 1 aromatic rings. The number of nitrogens with one attached hydrogen (secondary N) is 1. The number of anilines is 1. The number of fused-ring (bicyclic) bond motifs is 1. The second-order valence-electron chi connectivity index (χ2n) is 3.96. The molecule has 3 nitrogen and oxygen atoms in total. The third-order valence-corrected chi connectivity index (χ3v) is 2.78. The van der Waals surface area contributed by atoms with Crippen molar-refractivity contribution < 1.29 is 4.79 Å². The fraction of sp³-hybridized carbons (Fsp3) is 0.417. The highest BCUT2D eigenvalue weighted by Crippen LogP contribution is 2.33. The summed E-state index contributed by atoms with van der Waals surface area (Å²) in [4.78, 5) is 13.9. The predicted molar refractivity (Wildman–Crippen MR) is 60.7 cm³/mol. The molecule has 0 saturated heterocycles. The zero-order chi connectivity index (χ0) is 10.8. The van der Waals surface area contributed by atoms with E-state index in [4.69, 9.17) is 0 Å². The molecule has 1 atom stereocenters. The van der Waals surface area contributed by atoms with E-state index in [0.717, 1.165) is 24.2 Å². The summed E-state index contributed by atoms with van der Waals surface area (Å²) in [7, 11) is 2.00. The average molecular weight is 204 g/mol. The van der Waals surface area contributed by atoms with Crippen LogP contribution in [-0.4, -0.2) is 24.4 Å². The van der Waals surface area contributed by atoms with Crippen molar-refractivity contribution in [1.29, 1.82) is 0 Å². The van der Waals surface area contributed by atoms with Gasteiger partial charge in [0.25, 0.3) is 0 Å². The number of amides is 1. The van der Waals surface area contributed by atoms with Crippen molar-refractivity contribution in [2.24, 2.45) is 0 Å². The number of carbonyl (C=O) groups excluding carboxylic acids is 1. The predicted octanol–water partition coefficient (Wildman–Crippen LogP) is 2.02. The Morgan fingerprint density at radius 3 is 2.87 bits per heavy atom. The highest BCUT2D eigenvalue weighted by molar-refractivity contribution is 6.02. The molecule has 1 unspecified atom stereocenters. The standard InChI is InChI=1S/C12H16N2O/c1-3-8-14(2)11-9-6-4-5-7-10(9)13-12(11)15/h4-7,11H,3,8H2,1-2H3,(H,13,15). The largest absolute Gasteiger partial charge is 0.324 e. The van der Waals surface area contributed by atoms with Gasteiger partial charge in [0.2, 0.25) is 5.91 Å². The molecule has 0 aromatic heterocycles. The van der Waals surface area contributed by atoms with Crippen molar-refractivity contribution in [3.63, 3.8) is 0 Å². The molecule has 15 heavy (non-hydrogen) atoms. The van der Waals surface area contributed by atoms with E-state index in [1.54, 1.807) is 0 Å². The summed E-state index contributed by atoms with van der Waals surface area (Å²) in [5.74, 6) is 0.0900. The Morgan fingerprint density at radius 1 is 1.40 bits per heavy atom. The summed E-state index contributed by atoms with van der Waals surface area (Å²) < 4.78 is 0. The number of hydrogen-bond donors (Lipinski definition) is 1. The van der Waals surface area contributed by atoms with Gasteiger partial charge < -0.3 is 5.32 Å². The van der Waals surface area contributed by atoms with Gasteiger partial charge in [0.05, 0.1) is 0 Å². The maximum absolute atomic E-state index is 11.8. The minimum absolute atomic E-state index is 0.0900. The summed E-state index contributed by atoms with van der Waals surface area (Å²) in [5, 5.41) is 2.91. The molecule has 0 radical (unpaired) electrons. The lowest BCUT2D eigenvalue weighted by Crippen LogP contribution is -2.30. The molecule has 2 rings (SSSR count). The maximum atomic E-state index is 11.8. The molecule has 0 fully saturated rings. The quantitative estimate of drug-likeness (QED) is 0.817. The molecule has 0 bridgehead atoms. The van der Waals surface area contributed by atoms with Gasteiger partial charge in [-0.1, -0.05) is 25.1 Å². The molecule has 0 aliphatic carbocycles. The maximum Gasteiger partial charge on any atom is 0.246 e. The first-order valence-electron chi connectivity index (χ1n) is 5.34. The third-order valence-electron chi connectivity index (χ3n) is 2.78. The second kappa shape index (κ2) is 4.03. The Morgan fingerprint density at radius 2 is 2.13 bits per heavy atom. The van der Waals surface area contributed by atoms with Crippen LogP contribution >= 0.6 is 0 Å². The van der Waals surface area contributed by atoms with Gasteiger partial charge >= 0.3 is 0 Å². The normalized spacial score (nSPS) is 19.1. The van der Waals surface area contributed by atoms with Crippen LogP contribution in [0, 0.1) is 0 Å². The summed E-state index contributed by atoms with van der Waals surface area (Å²) >= 11 is 0. The smallest absolute Gasteiger partial charge is 0.246 e. The van der Waals surface area contributed by atoms with Gasteiger partial charge in [-0.3, -0.25) is 9.69 Å². The minimum Gasteiger partial charge on any atom is -0.324 e. The van der Waals surface area contributed by atoms with Gasteiger partial charge in [-0.15, -0.1) is 0 Å². The highest BCUT2D eigenvalue weighted by atomic mass is 16.2. The number of likely N-dealkylation sites (N-methyl/N-ethyl adjacent to an activating group) is 1. The number of rotatable bonds is 3. The molecule has 80 valence electrons. The van der Waals surface area contributed by atoms with Gasteiger partial charge in [-0.05, 0) is 26.1 Å². The Bertz CT molecular complexity index is 376. The Hall–Kier alpha value is -1.35. The van der Waals surface area contributed by atoms with Crippen LogP contribution in [0.2, 0.25) is 0 Å². The van der Waals surface area contributed by atoms with Crippen LogP contribution in [0.15, 0.2) is 24.3 Å². The van der Waals surface area contributed by atoms with Crippen LogP contribution in [0.25, 0.3) is 0 Å². The van der Waals surface area contributed by atoms with E-state index >= 15 is 0 Å². The molecule has 1 amide bonds. The number of benzene rings is 1. The van der Waals surface area contributed by atoms with Crippen LogP contribution in [0.1, 0.15) is 24.9 Å². The van der Waals surface area contributed by atoms with E-state index in [9.17, 15) is 4.79 Å². The SMILES string of the molecule is CCCN(C)C1C(=O)Nc2ccccc21. The van der Waals surface area contributed by atoms with Gasteiger partial charge in [0, 0.05) is 11.3 Å². The second-order valence-corrected chi connectivity index (χ2v) is 3.96. The van der Waals surface area contributed by atoms with Crippen molar-refractivity contribution in [3.8, 4) is 0 Å². The Balaban J connectivity index is 2.29. The van der Waals surface area contributed by atoms with Crippen LogP contribution in [0.3, 0.4) is 0 Å². The molecular formula is C12H16N2O. The third kappa shape index (κ3) is 1.75. The zero-order valence-corrected chi connectivity index (χ0v) is 9.16. The van der Waals surface area contributed by atoms with Crippen LogP contribution in [0.4, 0.5) is 5.69 Å². The summed E-state index contributed by atoms with van der Waals surface area (Å²) in [6.07, 6.45) is 1.06. The van der Waals surface area contributed by atoms with Gasteiger partial charge in [-0.25, -0.2) is 0 Å². The lowest BCUT2D eigenvalue weighted by Gasteiger charge is -2.21. The fourth-order valence-corrected chi connectivity index (χ4v) is 2.11. The van der Waals surface area contributed by atoms with Gasteiger partial charge in [0.15, 0.2) is 0 Å². The van der Waals surface area contributed by atoms with E-state index in [1.165, 1.54) is 0 Å². The van der Waals surface area contributed by atoms with Crippen LogP contribution < -0.4 is 5.32 Å². The van der Waals surface area contributed by atoms with Crippen molar-refractivity contribution >= 4 is 11.6 Å². The fourth-order valence-electron chi connectivity index (χ4n) is 2.11. The van der Waals surface area contributed by atoms with E-state index in [0.29, 0.717) is 0 Å². The number of hydrogen-bond acceptors (Lipinski definition) is 2. The van der Waals surface area contributed by atoms with E-state index in [2.05, 4.69) is 17.1 Å². The number of para-hydroxylation sites is 1. The highest BCUT2D eigenvalue weighted by Gasteiger charge is 2.32.